The number of aliphatic hydroxyl groups is 1. The number of carboxylic acids is 1. The molecule has 1 saturated heterocycles. The van der Waals surface area contributed by atoms with Gasteiger partial charge in [-0.15, -0.1) is 11.8 Å². The van der Waals surface area contributed by atoms with E-state index in [1.165, 1.54) is 11.8 Å². The van der Waals surface area contributed by atoms with Crippen LogP contribution in [0.1, 0.15) is 114 Å². The fourth-order valence-electron chi connectivity index (χ4n) is 8.72. The highest BCUT2D eigenvalue weighted by atomic mass is 32.2. The zero-order chi connectivity index (χ0) is 37.7. The molecule has 11 nitrogen and oxygen atoms in total. The van der Waals surface area contributed by atoms with Crippen molar-refractivity contribution in [2.75, 3.05) is 18.9 Å². The molecule has 4 aliphatic rings. The molecule has 53 heavy (non-hydrogen) atoms. The molecule has 0 bridgehead atoms. The van der Waals surface area contributed by atoms with Crippen molar-refractivity contribution in [2.45, 2.75) is 134 Å². The number of carbonyl (C=O) groups is 5. The van der Waals surface area contributed by atoms with Gasteiger partial charge in [-0.2, -0.15) is 0 Å². The predicted molar refractivity (Wildman–Crippen MR) is 202 cm³/mol. The van der Waals surface area contributed by atoms with Crippen molar-refractivity contribution in [1.29, 1.82) is 0 Å². The quantitative estimate of drug-likeness (QED) is 0.0696. The first-order chi connectivity index (χ1) is 25.6. The summed E-state index contributed by atoms with van der Waals surface area (Å²) in [6.45, 7) is 2.26. The standard InChI is InChI=1S/C41H58N2O9S/c1-2-3-6-13-28(44)17-18-29-32-21-26-12-11-16-34(51-25-38(46)47)33(26)22-27(32)23-35(29)52-41(50)31-15-8-7-14-30(31)39(48)42-19-9-4-5-10-20-53-36-24-37(45)43-40(36)49/h11-12,14,16,27-29,31-32,35-36,44H,2-10,13,15,17-25H2,1H3,(H,42,48)(H,46,47)(H,43,45,49)/t27-,28-,29+,31+,32-,35+,36?/m0/s1. The molecular formula is C41H58N2O9S. The van der Waals surface area contributed by atoms with Gasteiger partial charge >= 0.3 is 11.9 Å². The first-order valence-electron chi connectivity index (χ1n) is 19.9. The molecule has 1 aromatic carbocycles. The molecule has 7 atom stereocenters. The van der Waals surface area contributed by atoms with E-state index in [9.17, 15) is 34.2 Å². The van der Waals surface area contributed by atoms with Gasteiger partial charge in [0.2, 0.25) is 17.7 Å². The van der Waals surface area contributed by atoms with Gasteiger partial charge in [-0.1, -0.05) is 57.2 Å². The number of unbranched alkanes of at least 4 members (excludes halogenated alkanes) is 5. The van der Waals surface area contributed by atoms with Gasteiger partial charge in [0.25, 0.3) is 0 Å². The Balaban J connectivity index is 1.15. The van der Waals surface area contributed by atoms with Crippen molar-refractivity contribution in [2.24, 2.45) is 23.7 Å². The van der Waals surface area contributed by atoms with E-state index in [0.29, 0.717) is 43.6 Å². The monoisotopic (exact) mass is 754 g/mol. The summed E-state index contributed by atoms with van der Waals surface area (Å²) in [6, 6.07) is 5.81. The molecule has 0 radical (unpaired) electrons. The summed E-state index contributed by atoms with van der Waals surface area (Å²) in [5.41, 5.74) is 2.66. The number of ether oxygens (including phenoxy) is 2. The van der Waals surface area contributed by atoms with Crippen LogP contribution in [0.25, 0.3) is 0 Å². The van der Waals surface area contributed by atoms with Crippen LogP contribution in [0.2, 0.25) is 0 Å². The number of benzene rings is 1. The average Bonchev–Trinajstić information content (AvgIpc) is 3.65. The number of hydrogen-bond acceptors (Lipinski definition) is 9. The lowest BCUT2D eigenvalue weighted by Crippen LogP contribution is -2.36. The number of rotatable bonds is 21. The maximum Gasteiger partial charge on any atom is 0.341 e. The molecule has 3 amide bonds. The van der Waals surface area contributed by atoms with Crippen molar-refractivity contribution < 1.29 is 43.7 Å². The molecule has 0 spiro atoms. The van der Waals surface area contributed by atoms with Crippen LogP contribution in [0.15, 0.2) is 29.8 Å². The Morgan fingerprint density at radius 2 is 1.87 bits per heavy atom. The van der Waals surface area contributed by atoms with Crippen molar-refractivity contribution in [3.05, 3.63) is 41.0 Å². The number of aliphatic hydroxyl groups excluding tert-OH is 1. The molecule has 1 saturated carbocycles. The Bertz CT molecular complexity index is 1480. The normalized spacial score (nSPS) is 25.5. The molecule has 5 rings (SSSR count). The molecule has 4 N–H and O–H groups in total. The second-order valence-corrected chi connectivity index (χ2v) is 16.6. The number of hydrogen-bond donors (Lipinski definition) is 4. The van der Waals surface area contributed by atoms with Crippen molar-refractivity contribution in [3.63, 3.8) is 0 Å². The van der Waals surface area contributed by atoms with Crippen LogP contribution in [0, 0.1) is 23.7 Å². The summed E-state index contributed by atoms with van der Waals surface area (Å²) in [7, 11) is 0. The molecule has 1 aromatic rings. The van der Waals surface area contributed by atoms with E-state index in [4.69, 9.17) is 9.47 Å². The Morgan fingerprint density at radius 3 is 2.64 bits per heavy atom. The molecule has 12 heteroatoms. The number of carbonyl (C=O) groups excluding carboxylic acids is 4. The minimum atomic E-state index is -1.02. The van der Waals surface area contributed by atoms with Gasteiger partial charge in [0, 0.05) is 18.5 Å². The third-order valence-corrected chi connectivity index (χ3v) is 12.8. The van der Waals surface area contributed by atoms with E-state index in [1.54, 1.807) is 0 Å². The van der Waals surface area contributed by atoms with Crippen LogP contribution < -0.4 is 15.4 Å². The van der Waals surface area contributed by atoms with Crippen molar-refractivity contribution in [3.8, 4) is 5.75 Å². The Kier molecular flexibility index (Phi) is 15.7. The highest BCUT2D eigenvalue weighted by molar-refractivity contribution is 8.00. The van der Waals surface area contributed by atoms with Gasteiger partial charge < -0.3 is 25.0 Å². The number of aliphatic carboxylic acids is 1. The molecular weight excluding hydrogens is 697 g/mol. The SMILES string of the molecule is CCCCC[C@H](O)CC[C@@H]1[C@H]2Cc3cccc(OCC(=O)O)c3C[C@H]2C[C@H]1OC(=O)[C@@H]1CCCC=C1C(=O)NCCCCCCSC1CC(=O)NC1=O. The fraction of sp³-hybridized carbons (Fsp3) is 0.683. The zero-order valence-electron chi connectivity index (χ0n) is 31.2. The number of thioether (sulfide) groups is 1. The second kappa shape index (κ2) is 20.3. The van der Waals surface area contributed by atoms with Gasteiger partial charge in [-0.3, -0.25) is 24.5 Å². The highest BCUT2D eigenvalue weighted by Crippen LogP contribution is 2.50. The number of imide groups is 1. The van der Waals surface area contributed by atoms with Crippen LogP contribution in [0.3, 0.4) is 0 Å². The largest absolute Gasteiger partial charge is 0.482 e. The fourth-order valence-corrected chi connectivity index (χ4v) is 9.86. The smallest absolute Gasteiger partial charge is 0.341 e. The summed E-state index contributed by atoms with van der Waals surface area (Å²) < 4.78 is 12.1. The maximum atomic E-state index is 14.0. The molecule has 292 valence electrons. The minimum absolute atomic E-state index is 0.0718. The van der Waals surface area contributed by atoms with E-state index in [-0.39, 0.29) is 59.2 Å². The van der Waals surface area contributed by atoms with E-state index in [1.807, 2.05) is 18.2 Å². The number of esters is 1. The highest BCUT2D eigenvalue weighted by Gasteiger charge is 2.48. The molecule has 1 heterocycles. The van der Waals surface area contributed by atoms with Crippen LogP contribution in [-0.2, 0) is 41.6 Å². The number of carboxylic acid groups (broad SMARTS) is 1. The molecule has 0 aromatic heterocycles. The molecule has 2 fully saturated rings. The van der Waals surface area contributed by atoms with E-state index in [2.05, 4.69) is 23.6 Å². The van der Waals surface area contributed by atoms with Crippen LogP contribution in [0.4, 0.5) is 0 Å². The number of amides is 3. The molecule has 1 aliphatic heterocycles. The van der Waals surface area contributed by atoms with Gasteiger partial charge in [-0.25, -0.2) is 4.79 Å². The lowest BCUT2D eigenvalue weighted by molar-refractivity contribution is -0.156. The zero-order valence-corrected chi connectivity index (χ0v) is 32.0. The van der Waals surface area contributed by atoms with Gasteiger partial charge in [0.05, 0.1) is 17.3 Å². The minimum Gasteiger partial charge on any atom is -0.482 e. The second-order valence-electron chi connectivity index (χ2n) is 15.3. The van der Waals surface area contributed by atoms with E-state index >= 15 is 0 Å². The third kappa shape index (κ3) is 11.6. The first-order valence-corrected chi connectivity index (χ1v) is 21.0. The topological polar surface area (TPSA) is 168 Å². The summed E-state index contributed by atoms with van der Waals surface area (Å²) in [6.07, 6.45) is 14.7. The lowest BCUT2D eigenvalue weighted by atomic mass is 9.73. The number of fused-ring (bicyclic) bond motifs is 2. The predicted octanol–water partition coefficient (Wildman–Crippen LogP) is 5.69. The maximum absolute atomic E-state index is 14.0. The summed E-state index contributed by atoms with van der Waals surface area (Å²) in [5, 5.41) is 25.1. The number of nitrogens with one attached hydrogen (secondary N) is 2. The number of allylic oxidation sites excluding steroid dienone is 1. The van der Waals surface area contributed by atoms with E-state index in [0.717, 1.165) is 93.9 Å². The Hall–Kier alpha value is -3.38. The van der Waals surface area contributed by atoms with Gasteiger partial charge in [0.15, 0.2) is 6.61 Å². The lowest BCUT2D eigenvalue weighted by Gasteiger charge is -2.33. The van der Waals surface area contributed by atoms with Gasteiger partial charge in [-0.05, 0) is 111 Å². The van der Waals surface area contributed by atoms with Crippen molar-refractivity contribution >= 4 is 41.4 Å². The molecule has 1 unspecified atom stereocenters. The van der Waals surface area contributed by atoms with Crippen molar-refractivity contribution in [1.82, 2.24) is 10.6 Å². The average molecular weight is 755 g/mol. The van der Waals surface area contributed by atoms with Crippen LogP contribution in [0.5, 0.6) is 5.75 Å². The van der Waals surface area contributed by atoms with Gasteiger partial charge in [0.1, 0.15) is 11.9 Å². The first kappa shape index (κ1) is 40.8. The Morgan fingerprint density at radius 1 is 1.04 bits per heavy atom. The Labute approximate surface area is 317 Å². The van der Waals surface area contributed by atoms with E-state index < -0.39 is 24.6 Å². The summed E-state index contributed by atoms with van der Waals surface area (Å²) in [5.74, 6) is -0.623. The van der Waals surface area contributed by atoms with Crippen LogP contribution in [-0.4, -0.2) is 76.2 Å². The third-order valence-electron chi connectivity index (χ3n) is 11.5. The molecule has 3 aliphatic carbocycles. The summed E-state index contributed by atoms with van der Waals surface area (Å²) >= 11 is 1.52. The summed E-state index contributed by atoms with van der Waals surface area (Å²) in [4.78, 5) is 61.6. The van der Waals surface area contributed by atoms with Crippen LogP contribution >= 0.6 is 11.8 Å².